The normalized spacial score (nSPS) is 11.0. The van der Waals surface area contributed by atoms with Crippen LogP contribution in [-0.4, -0.2) is 32.3 Å². The Morgan fingerprint density at radius 1 is 1.23 bits per heavy atom. The van der Waals surface area contributed by atoms with E-state index in [0.717, 1.165) is 22.4 Å². The molecule has 0 aliphatic rings. The lowest BCUT2D eigenvalue weighted by atomic mass is 10.1. The number of imidazole rings is 1. The number of rotatable bonds is 7. The molecular formula is C20H22N2O4. The highest BCUT2D eigenvalue weighted by Gasteiger charge is 2.14. The second kappa shape index (κ2) is 7.58. The SMILES string of the molecule is Cc1cccc(OCc2nc3cc(C(=O)O)ccc3n2CCCO)c1C. The molecular weight excluding hydrogens is 332 g/mol. The first-order chi connectivity index (χ1) is 12.5. The summed E-state index contributed by atoms with van der Waals surface area (Å²) < 4.78 is 7.94. The van der Waals surface area contributed by atoms with Crippen LogP contribution < -0.4 is 4.74 Å². The number of carboxylic acid groups (broad SMARTS) is 1. The molecule has 2 aromatic carbocycles. The van der Waals surface area contributed by atoms with Gasteiger partial charge in [0.15, 0.2) is 0 Å². The van der Waals surface area contributed by atoms with Crippen molar-refractivity contribution in [1.29, 1.82) is 0 Å². The zero-order chi connectivity index (χ0) is 18.7. The summed E-state index contributed by atoms with van der Waals surface area (Å²) in [5.41, 5.74) is 3.89. The highest BCUT2D eigenvalue weighted by molar-refractivity contribution is 5.92. The van der Waals surface area contributed by atoms with Crippen molar-refractivity contribution in [3.05, 3.63) is 58.9 Å². The Balaban J connectivity index is 1.94. The lowest BCUT2D eigenvalue weighted by Gasteiger charge is -2.12. The summed E-state index contributed by atoms with van der Waals surface area (Å²) in [6.45, 7) is 4.98. The second-order valence-corrected chi connectivity index (χ2v) is 6.25. The average molecular weight is 354 g/mol. The Morgan fingerprint density at radius 3 is 2.77 bits per heavy atom. The van der Waals surface area contributed by atoms with Crippen molar-refractivity contribution in [2.45, 2.75) is 33.4 Å². The van der Waals surface area contributed by atoms with Gasteiger partial charge in [0.05, 0.1) is 16.6 Å². The molecule has 0 aliphatic carbocycles. The Bertz CT molecular complexity index is 946. The van der Waals surface area contributed by atoms with E-state index >= 15 is 0 Å². The highest BCUT2D eigenvalue weighted by Crippen LogP contribution is 2.23. The number of hydrogen-bond donors (Lipinski definition) is 2. The van der Waals surface area contributed by atoms with Crippen molar-refractivity contribution in [2.75, 3.05) is 6.61 Å². The summed E-state index contributed by atoms with van der Waals surface area (Å²) in [6, 6.07) is 10.8. The maximum Gasteiger partial charge on any atom is 0.335 e. The minimum atomic E-state index is -0.981. The molecule has 136 valence electrons. The van der Waals surface area contributed by atoms with Gasteiger partial charge in [0.2, 0.25) is 0 Å². The van der Waals surface area contributed by atoms with Crippen molar-refractivity contribution in [3.8, 4) is 5.75 Å². The van der Waals surface area contributed by atoms with Gasteiger partial charge >= 0.3 is 5.97 Å². The Kier molecular flexibility index (Phi) is 5.23. The minimum Gasteiger partial charge on any atom is -0.485 e. The van der Waals surface area contributed by atoms with Gasteiger partial charge in [0.25, 0.3) is 0 Å². The van der Waals surface area contributed by atoms with Gasteiger partial charge in [0.1, 0.15) is 18.2 Å². The number of aliphatic hydroxyl groups is 1. The molecule has 0 atom stereocenters. The van der Waals surface area contributed by atoms with Crippen LogP contribution in [0, 0.1) is 13.8 Å². The van der Waals surface area contributed by atoms with Crippen molar-refractivity contribution in [2.24, 2.45) is 0 Å². The smallest absolute Gasteiger partial charge is 0.335 e. The fraction of sp³-hybridized carbons (Fsp3) is 0.300. The third-order valence-electron chi connectivity index (χ3n) is 4.53. The van der Waals surface area contributed by atoms with Gasteiger partial charge in [-0.2, -0.15) is 0 Å². The molecule has 0 spiro atoms. The first kappa shape index (κ1) is 17.9. The van der Waals surface area contributed by atoms with E-state index in [1.54, 1.807) is 18.2 Å². The maximum absolute atomic E-state index is 11.2. The van der Waals surface area contributed by atoms with Crippen LogP contribution in [0.15, 0.2) is 36.4 Å². The molecule has 1 aromatic heterocycles. The number of benzene rings is 2. The van der Waals surface area contributed by atoms with Gasteiger partial charge in [-0.25, -0.2) is 9.78 Å². The zero-order valence-corrected chi connectivity index (χ0v) is 14.9. The summed E-state index contributed by atoms with van der Waals surface area (Å²) in [5.74, 6) is 0.527. The zero-order valence-electron chi connectivity index (χ0n) is 14.9. The van der Waals surface area contributed by atoms with E-state index in [9.17, 15) is 15.0 Å². The van der Waals surface area contributed by atoms with E-state index in [2.05, 4.69) is 4.98 Å². The summed E-state index contributed by atoms with van der Waals surface area (Å²) in [5, 5.41) is 18.4. The quantitative estimate of drug-likeness (QED) is 0.680. The van der Waals surface area contributed by atoms with E-state index in [0.29, 0.717) is 24.3 Å². The van der Waals surface area contributed by atoms with Crippen molar-refractivity contribution in [3.63, 3.8) is 0 Å². The molecule has 1 heterocycles. The van der Waals surface area contributed by atoms with Crippen LogP contribution in [0.25, 0.3) is 11.0 Å². The van der Waals surface area contributed by atoms with Crippen molar-refractivity contribution >= 4 is 17.0 Å². The van der Waals surface area contributed by atoms with Gasteiger partial charge in [0, 0.05) is 13.2 Å². The first-order valence-corrected chi connectivity index (χ1v) is 8.53. The molecule has 0 fully saturated rings. The molecule has 0 bridgehead atoms. The lowest BCUT2D eigenvalue weighted by molar-refractivity contribution is 0.0697. The number of ether oxygens (including phenoxy) is 1. The van der Waals surface area contributed by atoms with Crippen LogP contribution in [-0.2, 0) is 13.2 Å². The van der Waals surface area contributed by atoms with Crippen LogP contribution in [0.5, 0.6) is 5.75 Å². The van der Waals surface area contributed by atoms with Crippen LogP contribution in [0.2, 0.25) is 0 Å². The third kappa shape index (κ3) is 3.55. The molecule has 26 heavy (non-hydrogen) atoms. The Hall–Kier alpha value is -2.86. The summed E-state index contributed by atoms with van der Waals surface area (Å²) in [7, 11) is 0. The first-order valence-electron chi connectivity index (χ1n) is 8.53. The van der Waals surface area contributed by atoms with Gasteiger partial charge < -0.3 is 19.5 Å². The minimum absolute atomic E-state index is 0.0736. The van der Waals surface area contributed by atoms with Crippen LogP contribution in [0.4, 0.5) is 0 Å². The van der Waals surface area contributed by atoms with Gasteiger partial charge in [-0.05, 0) is 55.7 Å². The van der Waals surface area contributed by atoms with Crippen LogP contribution >= 0.6 is 0 Å². The van der Waals surface area contributed by atoms with E-state index in [4.69, 9.17) is 4.74 Å². The molecule has 0 radical (unpaired) electrons. The average Bonchev–Trinajstić information content (AvgIpc) is 2.97. The molecule has 0 saturated heterocycles. The Labute approximate surface area is 151 Å². The lowest BCUT2D eigenvalue weighted by Crippen LogP contribution is -2.09. The van der Waals surface area contributed by atoms with Crippen LogP contribution in [0.1, 0.15) is 33.7 Å². The van der Waals surface area contributed by atoms with E-state index in [1.165, 1.54) is 0 Å². The summed E-state index contributed by atoms with van der Waals surface area (Å²) >= 11 is 0. The third-order valence-corrected chi connectivity index (χ3v) is 4.53. The molecule has 2 N–H and O–H groups in total. The topological polar surface area (TPSA) is 84.6 Å². The predicted molar refractivity (Wildman–Crippen MR) is 98.6 cm³/mol. The molecule has 0 unspecified atom stereocenters. The molecule has 6 heteroatoms. The van der Waals surface area contributed by atoms with E-state index in [-0.39, 0.29) is 18.8 Å². The number of carbonyl (C=O) groups is 1. The highest BCUT2D eigenvalue weighted by atomic mass is 16.5. The number of aryl methyl sites for hydroxylation is 2. The molecule has 0 aliphatic heterocycles. The number of fused-ring (bicyclic) bond motifs is 1. The number of nitrogens with zero attached hydrogens (tertiary/aromatic N) is 2. The predicted octanol–water partition coefficient (Wildman–Crippen LogP) is 3.31. The number of carboxylic acids is 1. The monoisotopic (exact) mass is 354 g/mol. The number of hydrogen-bond acceptors (Lipinski definition) is 4. The summed E-state index contributed by atoms with van der Waals surface area (Å²) in [6.07, 6.45) is 0.586. The van der Waals surface area contributed by atoms with Crippen molar-refractivity contribution in [1.82, 2.24) is 9.55 Å². The number of aromatic carboxylic acids is 1. The molecule has 0 amide bonds. The molecule has 3 rings (SSSR count). The van der Waals surface area contributed by atoms with E-state index in [1.807, 2.05) is 36.6 Å². The van der Waals surface area contributed by atoms with E-state index < -0.39 is 5.97 Å². The van der Waals surface area contributed by atoms with Gasteiger partial charge in [-0.15, -0.1) is 0 Å². The number of aliphatic hydroxyl groups excluding tert-OH is 1. The standard InChI is InChI=1S/C20H22N2O4/c1-13-5-3-6-18(14(13)2)26-12-19-21-16-11-15(20(24)25)7-8-17(16)22(19)9-4-10-23/h3,5-8,11,23H,4,9-10,12H2,1-2H3,(H,24,25). The van der Waals surface area contributed by atoms with Gasteiger partial charge in [-0.3, -0.25) is 0 Å². The summed E-state index contributed by atoms with van der Waals surface area (Å²) in [4.78, 5) is 15.8. The fourth-order valence-electron chi connectivity index (χ4n) is 2.92. The van der Waals surface area contributed by atoms with Crippen molar-refractivity contribution < 1.29 is 19.7 Å². The van der Waals surface area contributed by atoms with Crippen LogP contribution in [0.3, 0.4) is 0 Å². The largest absolute Gasteiger partial charge is 0.485 e. The maximum atomic E-state index is 11.2. The fourth-order valence-corrected chi connectivity index (χ4v) is 2.92. The molecule has 0 saturated carbocycles. The number of aromatic nitrogens is 2. The molecule has 3 aromatic rings. The van der Waals surface area contributed by atoms with Gasteiger partial charge in [-0.1, -0.05) is 12.1 Å². The second-order valence-electron chi connectivity index (χ2n) is 6.25. The molecule has 6 nitrogen and oxygen atoms in total. The Morgan fingerprint density at radius 2 is 2.04 bits per heavy atom.